The Morgan fingerprint density at radius 3 is 2.72 bits per heavy atom. The lowest BCUT2D eigenvalue weighted by atomic mass is 10.1. The van der Waals surface area contributed by atoms with Crippen molar-refractivity contribution in [3.8, 4) is 0 Å². The quantitative estimate of drug-likeness (QED) is 0.771. The number of benzene rings is 1. The molecule has 0 aliphatic carbocycles. The van der Waals surface area contributed by atoms with Gasteiger partial charge < -0.3 is 15.7 Å². The SMILES string of the molecule is CCCC(C(=O)O)N(C)c1cccc(C(N)=S)c1. The first kappa shape index (κ1) is 14.4. The number of nitrogens with two attached hydrogens (primary N) is 1. The van der Waals surface area contributed by atoms with Gasteiger partial charge in [0.05, 0.1) is 0 Å². The zero-order chi connectivity index (χ0) is 13.7. The normalized spacial score (nSPS) is 11.9. The van der Waals surface area contributed by atoms with E-state index in [2.05, 4.69) is 0 Å². The van der Waals surface area contributed by atoms with E-state index in [0.717, 1.165) is 17.7 Å². The molecule has 1 atom stereocenters. The first-order valence-corrected chi connectivity index (χ1v) is 6.23. The molecule has 1 unspecified atom stereocenters. The van der Waals surface area contributed by atoms with Crippen molar-refractivity contribution in [1.82, 2.24) is 0 Å². The molecule has 98 valence electrons. The van der Waals surface area contributed by atoms with Crippen molar-refractivity contribution in [2.45, 2.75) is 25.8 Å². The van der Waals surface area contributed by atoms with Crippen LogP contribution in [0.5, 0.6) is 0 Å². The van der Waals surface area contributed by atoms with Gasteiger partial charge in [0.15, 0.2) is 0 Å². The van der Waals surface area contributed by atoms with Gasteiger partial charge in [-0.2, -0.15) is 0 Å². The second-order valence-electron chi connectivity index (χ2n) is 4.17. The fraction of sp³-hybridized carbons (Fsp3) is 0.385. The van der Waals surface area contributed by atoms with Gasteiger partial charge in [-0.05, 0) is 18.6 Å². The van der Waals surface area contributed by atoms with Crippen molar-refractivity contribution in [1.29, 1.82) is 0 Å². The van der Waals surface area contributed by atoms with E-state index in [1.54, 1.807) is 11.9 Å². The van der Waals surface area contributed by atoms with Gasteiger partial charge >= 0.3 is 5.97 Å². The monoisotopic (exact) mass is 266 g/mol. The van der Waals surface area contributed by atoms with Crippen LogP contribution in [0.3, 0.4) is 0 Å². The maximum absolute atomic E-state index is 11.2. The summed E-state index contributed by atoms with van der Waals surface area (Å²) in [5, 5.41) is 9.22. The Balaban J connectivity index is 3.00. The topological polar surface area (TPSA) is 66.6 Å². The number of aliphatic carboxylic acids is 1. The van der Waals surface area contributed by atoms with Crippen LogP contribution < -0.4 is 10.6 Å². The standard InChI is InChI=1S/C13H18N2O2S/c1-3-5-11(13(16)17)15(2)10-7-4-6-9(8-10)12(14)18/h4,6-8,11H,3,5H2,1-2H3,(H2,14,18)(H,16,17). The lowest BCUT2D eigenvalue weighted by Gasteiger charge is -2.26. The predicted molar refractivity (Wildman–Crippen MR) is 77.1 cm³/mol. The number of anilines is 1. The van der Waals surface area contributed by atoms with Crippen molar-refractivity contribution in [2.24, 2.45) is 5.73 Å². The highest BCUT2D eigenvalue weighted by Crippen LogP contribution is 2.19. The molecule has 18 heavy (non-hydrogen) atoms. The molecule has 0 fully saturated rings. The summed E-state index contributed by atoms with van der Waals surface area (Å²) in [5.74, 6) is -0.819. The minimum Gasteiger partial charge on any atom is -0.480 e. The van der Waals surface area contributed by atoms with Crippen LogP contribution in [0.2, 0.25) is 0 Å². The fourth-order valence-electron chi connectivity index (χ4n) is 1.81. The van der Waals surface area contributed by atoms with Crippen molar-refractivity contribution >= 4 is 28.9 Å². The van der Waals surface area contributed by atoms with Crippen LogP contribution in [0, 0.1) is 0 Å². The third-order valence-corrected chi connectivity index (χ3v) is 3.09. The van der Waals surface area contributed by atoms with Crippen molar-refractivity contribution in [3.05, 3.63) is 29.8 Å². The largest absolute Gasteiger partial charge is 0.480 e. The molecule has 0 aliphatic heterocycles. The molecule has 0 amide bonds. The van der Waals surface area contributed by atoms with Crippen LogP contribution >= 0.6 is 12.2 Å². The van der Waals surface area contributed by atoms with E-state index in [4.69, 9.17) is 18.0 Å². The minimum absolute atomic E-state index is 0.313. The van der Waals surface area contributed by atoms with Gasteiger partial charge in [0.25, 0.3) is 0 Å². The fourth-order valence-corrected chi connectivity index (χ4v) is 1.94. The summed E-state index contributed by atoms with van der Waals surface area (Å²) in [6, 6.07) is 6.78. The number of hydrogen-bond acceptors (Lipinski definition) is 3. The first-order valence-electron chi connectivity index (χ1n) is 5.82. The number of carbonyl (C=O) groups is 1. The summed E-state index contributed by atoms with van der Waals surface area (Å²) in [5.41, 5.74) is 7.13. The van der Waals surface area contributed by atoms with Crippen LogP contribution in [0.1, 0.15) is 25.3 Å². The molecular formula is C13H18N2O2S. The van der Waals surface area contributed by atoms with E-state index in [0.29, 0.717) is 11.4 Å². The maximum atomic E-state index is 11.2. The molecule has 0 saturated heterocycles. The second kappa shape index (κ2) is 6.35. The number of rotatable bonds is 6. The van der Waals surface area contributed by atoms with Gasteiger partial charge in [0.2, 0.25) is 0 Å². The van der Waals surface area contributed by atoms with Gasteiger partial charge in [0, 0.05) is 18.3 Å². The summed E-state index contributed by atoms with van der Waals surface area (Å²) < 4.78 is 0. The van der Waals surface area contributed by atoms with Gasteiger partial charge in [-0.25, -0.2) is 4.79 Å². The van der Waals surface area contributed by atoms with Gasteiger partial charge in [-0.3, -0.25) is 0 Å². The number of carboxylic acid groups (broad SMARTS) is 1. The minimum atomic E-state index is -0.819. The molecule has 1 aromatic carbocycles. The molecule has 0 bridgehead atoms. The van der Waals surface area contributed by atoms with E-state index in [-0.39, 0.29) is 0 Å². The zero-order valence-electron chi connectivity index (χ0n) is 10.6. The Labute approximate surface area is 112 Å². The van der Waals surface area contributed by atoms with Crippen LogP contribution in [-0.4, -0.2) is 29.2 Å². The molecule has 0 saturated carbocycles. The summed E-state index contributed by atoms with van der Waals surface area (Å²) in [6.07, 6.45) is 1.42. The number of carboxylic acids is 1. The summed E-state index contributed by atoms with van der Waals surface area (Å²) in [6.45, 7) is 1.97. The molecule has 5 heteroatoms. The van der Waals surface area contributed by atoms with E-state index >= 15 is 0 Å². The van der Waals surface area contributed by atoms with Crippen LogP contribution in [0.4, 0.5) is 5.69 Å². The third kappa shape index (κ3) is 3.43. The van der Waals surface area contributed by atoms with E-state index in [1.807, 2.05) is 31.2 Å². The zero-order valence-corrected chi connectivity index (χ0v) is 11.4. The molecular weight excluding hydrogens is 248 g/mol. The Hall–Kier alpha value is -1.62. The molecule has 1 aromatic rings. The van der Waals surface area contributed by atoms with Gasteiger partial charge in [0.1, 0.15) is 11.0 Å². The third-order valence-electron chi connectivity index (χ3n) is 2.85. The lowest BCUT2D eigenvalue weighted by Crippen LogP contribution is -2.38. The molecule has 0 aliphatic rings. The molecule has 0 spiro atoms. The van der Waals surface area contributed by atoms with Gasteiger partial charge in [-0.15, -0.1) is 0 Å². The summed E-state index contributed by atoms with van der Waals surface area (Å²) in [7, 11) is 1.77. The Morgan fingerprint density at radius 1 is 1.56 bits per heavy atom. The predicted octanol–water partition coefficient (Wildman–Crippen LogP) is 2.01. The average Bonchev–Trinajstić information content (AvgIpc) is 2.35. The van der Waals surface area contributed by atoms with Crippen molar-refractivity contribution < 1.29 is 9.90 Å². The van der Waals surface area contributed by atoms with Crippen LogP contribution in [0.25, 0.3) is 0 Å². The number of hydrogen-bond donors (Lipinski definition) is 2. The number of likely N-dealkylation sites (N-methyl/N-ethyl adjacent to an activating group) is 1. The highest BCUT2D eigenvalue weighted by Gasteiger charge is 2.22. The Morgan fingerprint density at radius 2 is 2.22 bits per heavy atom. The Kier molecular flexibility index (Phi) is 5.09. The molecule has 3 N–H and O–H groups in total. The van der Waals surface area contributed by atoms with E-state index in [9.17, 15) is 9.90 Å². The maximum Gasteiger partial charge on any atom is 0.326 e. The highest BCUT2D eigenvalue weighted by atomic mass is 32.1. The van der Waals surface area contributed by atoms with Crippen molar-refractivity contribution in [3.63, 3.8) is 0 Å². The molecule has 0 heterocycles. The van der Waals surface area contributed by atoms with E-state index < -0.39 is 12.0 Å². The number of nitrogens with zero attached hydrogens (tertiary/aromatic N) is 1. The summed E-state index contributed by atoms with van der Waals surface area (Å²) >= 11 is 4.92. The van der Waals surface area contributed by atoms with Crippen LogP contribution in [-0.2, 0) is 4.79 Å². The highest BCUT2D eigenvalue weighted by molar-refractivity contribution is 7.80. The van der Waals surface area contributed by atoms with E-state index in [1.165, 1.54) is 0 Å². The molecule has 0 radical (unpaired) electrons. The average molecular weight is 266 g/mol. The Bertz CT molecular complexity index is 448. The lowest BCUT2D eigenvalue weighted by molar-refractivity contribution is -0.138. The first-order chi connectivity index (χ1) is 8.47. The second-order valence-corrected chi connectivity index (χ2v) is 4.61. The number of thiocarbonyl (C=S) groups is 1. The smallest absolute Gasteiger partial charge is 0.326 e. The van der Waals surface area contributed by atoms with Crippen LogP contribution in [0.15, 0.2) is 24.3 Å². The molecule has 0 aromatic heterocycles. The van der Waals surface area contributed by atoms with Crippen molar-refractivity contribution in [2.75, 3.05) is 11.9 Å². The van der Waals surface area contributed by atoms with Gasteiger partial charge in [-0.1, -0.05) is 37.7 Å². The molecule has 1 rings (SSSR count). The summed E-state index contributed by atoms with van der Waals surface area (Å²) in [4.78, 5) is 13.3. The molecule has 4 nitrogen and oxygen atoms in total.